The second kappa shape index (κ2) is 9.51. The van der Waals surface area contributed by atoms with Crippen molar-refractivity contribution in [2.75, 3.05) is 13.1 Å². The molecule has 0 unspecified atom stereocenters. The zero-order chi connectivity index (χ0) is 20.9. The fourth-order valence-electron chi connectivity index (χ4n) is 3.11. The Kier molecular flexibility index (Phi) is 7.05. The molecule has 1 aromatic heterocycles. The molecule has 0 atom stereocenters. The molecule has 0 spiro atoms. The summed E-state index contributed by atoms with van der Waals surface area (Å²) in [7, 11) is -3.44. The van der Waals surface area contributed by atoms with Crippen LogP contribution in [0.3, 0.4) is 0 Å². The van der Waals surface area contributed by atoms with Gasteiger partial charge < -0.3 is 10.6 Å². The first kappa shape index (κ1) is 21.5. The monoisotopic (exact) mass is 435 g/mol. The second-order valence-electron chi connectivity index (χ2n) is 6.97. The van der Waals surface area contributed by atoms with Crippen molar-refractivity contribution < 1.29 is 18.0 Å². The quantitative estimate of drug-likeness (QED) is 0.698. The van der Waals surface area contributed by atoms with E-state index in [-0.39, 0.29) is 16.7 Å². The molecule has 9 heteroatoms. The predicted octanol–water partition coefficient (Wildman–Crippen LogP) is 2.49. The van der Waals surface area contributed by atoms with E-state index >= 15 is 0 Å². The minimum absolute atomic E-state index is 0.116. The first-order chi connectivity index (χ1) is 13.9. The van der Waals surface area contributed by atoms with Gasteiger partial charge in [-0.15, -0.1) is 11.3 Å². The number of rotatable bonds is 7. The summed E-state index contributed by atoms with van der Waals surface area (Å²) in [5.41, 5.74) is 0.825. The Balaban J connectivity index is 1.56. The highest BCUT2D eigenvalue weighted by Gasteiger charge is 2.25. The maximum Gasteiger partial charge on any atom is 0.261 e. The third-order valence-corrected chi connectivity index (χ3v) is 7.72. The van der Waals surface area contributed by atoms with Gasteiger partial charge >= 0.3 is 0 Å². The number of hydrogen-bond donors (Lipinski definition) is 2. The van der Waals surface area contributed by atoms with Crippen LogP contribution in [0.1, 0.15) is 46.3 Å². The van der Waals surface area contributed by atoms with Crippen LogP contribution in [0.15, 0.2) is 41.3 Å². The third kappa shape index (κ3) is 5.65. The highest BCUT2D eigenvalue weighted by atomic mass is 32.2. The van der Waals surface area contributed by atoms with E-state index in [1.54, 1.807) is 34.6 Å². The molecule has 0 bridgehead atoms. The zero-order valence-corrected chi connectivity index (χ0v) is 17.9. The van der Waals surface area contributed by atoms with Gasteiger partial charge in [-0.05, 0) is 42.7 Å². The average Bonchev–Trinajstić information content (AvgIpc) is 3.21. The molecule has 29 heavy (non-hydrogen) atoms. The summed E-state index contributed by atoms with van der Waals surface area (Å²) in [6.07, 6.45) is 2.88. The molecule has 3 rings (SSSR count). The van der Waals surface area contributed by atoms with Crippen LogP contribution < -0.4 is 10.6 Å². The number of nitrogens with one attached hydrogen (secondary N) is 2. The number of carbonyl (C=O) groups is 2. The lowest BCUT2D eigenvalue weighted by molar-refractivity contribution is -0.119. The molecule has 2 amide bonds. The van der Waals surface area contributed by atoms with E-state index in [0.717, 1.165) is 29.7 Å². The van der Waals surface area contributed by atoms with E-state index in [1.165, 1.54) is 18.3 Å². The minimum Gasteiger partial charge on any atom is -0.351 e. The largest absolute Gasteiger partial charge is 0.351 e. The molecule has 2 N–H and O–H groups in total. The average molecular weight is 436 g/mol. The van der Waals surface area contributed by atoms with E-state index in [0.29, 0.717) is 31.1 Å². The van der Waals surface area contributed by atoms with Crippen molar-refractivity contribution in [3.05, 3.63) is 51.7 Å². The molecule has 2 aromatic rings. The highest BCUT2D eigenvalue weighted by Crippen LogP contribution is 2.21. The fraction of sp³-hybridized carbons (Fsp3) is 0.400. The Bertz CT molecular complexity index is 962. The molecule has 0 aliphatic carbocycles. The summed E-state index contributed by atoms with van der Waals surface area (Å²) >= 11 is 1.33. The summed E-state index contributed by atoms with van der Waals surface area (Å²) < 4.78 is 26.9. The van der Waals surface area contributed by atoms with Crippen molar-refractivity contribution in [1.29, 1.82) is 0 Å². The Morgan fingerprint density at radius 1 is 0.966 bits per heavy atom. The van der Waals surface area contributed by atoms with Gasteiger partial charge in [0.25, 0.3) is 5.91 Å². The molecule has 7 nitrogen and oxygen atoms in total. The third-order valence-electron chi connectivity index (χ3n) is 4.73. The maximum atomic E-state index is 12.7. The van der Waals surface area contributed by atoms with Crippen molar-refractivity contribution in [1.82, 2.24) is 14.9 Å². The standard InChI is InChI=1S/C20H25N3O4S2/c1-15(24)21-14-17-7-10-19(28-17)20(25)22-13-16-5-8-18(9-6-16)29(26,27)23-11-3-2-4-12-23/h5-10H,2-4,11-14H2,1H3,(H,21,24)(H,22,25). The summed E-state index contributed by atoms with van der Waals surface area (Å²) in [5, 5.41) is 5.54. The van der Waals surface area contributed by atoms with Gasteiger partial charge in [0.1, 0.15) is 0 Å². The van der Waals surface area contributed by atoms with Gasteiger partial charge in [-0.2, -0.15) is 4.31 Å². The summed E-state index contributed by atoms with van der Waals surface area (Å²) in [6.45, 7) is 3.31. The van der Waals surface area contributed by atoms with Crippen molar-refractivity contribution in [2.24, 2.45) is 0 Å². The summed E-state index contributed by atoms with van der Waals surface area (Å²) in [5.74, 6) is -0.316. The SMILES string of the molecule is CC(=O)NCc1ccc(C(=O)NCc2ccc(S(=O)(=O)N3CCCCC3)cc2)s1. The van der Waals surface area contributed by atoms with Crippen LogP contribution in [0.2, 0.25) is 0 Å². The van der Waals surface area contributed by atoms with Crippen LogP contribution in [-0.2, 0) is 27.9 Å². The van der Waals surface area contributed by atoms with E-state index < -0.39 is 10.0 Å². The van der Waals surface area contributed by atoms with Crippen molar-refractivity contribution in [2.45, 2.75) is 44.2 Å². The van der Waals surface area contributed by atoms with Crippen LogP contribution in [0.5, 0.6) is 0 Å². The Morgan fingerprint density at radius 3 is 2.31 bits per heavy atom. The number of benzene rings is 1. The second-order valence-corrected chi connectivity index (χ2v) is 10.1. The van der Waals surface area contributed by atoms with E-state index in [9.17, 15) is 18.0 Å². The lowest BCUT2D eigenvalue weighted by atomic mass is 10.2. The fourth-order valence-corrected chi connectivity index (χ4v) is 5.49. The number of amides is 2. The van der Waals surface area contributed by atoms with E-state index in [4.69, 9.17) is 0 Å². The zero-order valence-electron chi connectivity index (χ0n) is 16.3. The number of piperidine rings is 1. The first-order valence-corrected chi connectivity index (χ1v) is 11.8. The molecule has 2 heterocycles. The van der Waals surface area contributed by atoms with E-state index in [1.807, 2.05) is 6.07 Å². The molecular formula is C20H25N3O4S2. The number of nitrogens with zero attached hydrogens (tertiary/aromatic N) is 1. The Hall–Kier alpha value is -2.23. The van der Waals surface area contributed by atoms with Gasteiger partial charge in [0.15, 0.2) is 0 Å². The predicted molar refractivity (Wildman–Crippen MR) is 112 cm³/mol. The van der Waals surface area contributed by atoms with Gasteiger partial charge in [-0.1, -0.05) is 18.6 Å². The van der Waals surface area contributed by atoms with Crippen molar-refractivity contribution in [3.63, 3.8) is 0 Å². The van der Waals surface area contributed by atoms with E-state index in [2.05, 4.69) is 10.6 Å². The molecule has 1 aliphatic rings. The van der Waals surface area contributed by atoms with Gasteiger partial charge in [0, 0.05) is 31.4 Å². The summed E-state index contributed by atoms with van der Waals surface area (Å²) in [4.78, 5) is 25.0. The summed E-state index contributed by atoms with van der Waals surface area (Å²) in [6, 6.07) is 10.2. The van der Waals surface area contributed by atoms with Gasteiger partial charge in [-0.3, -0.25) is 9.59 Å². The maximum absolute atomic E-state index is 12.7. The molecule has 1 aliphatic heterocycles. The minimum atomic E-state index is -3.44. The van der Waals surface area contributed by atoms with Crippen molar-refractivity contribution >= 4 is 33.2 Å². The lowest BCUT2D eigenvalue weighted by Crippen LogP contribution is -2.35. The molecule has 0 radical (unpaired) electrons. The molecule has 0 saturated carbocycles. The highest BCUT2D eigenvalue weighted by molar-refractivity contribution is 7.89. The number of carbonyl (C=O) groups excluding carboxylic acids is 2. The van der Waals surface area contributed by atoms with Crippen LogP contribution in [0.4, 0.5) is 0 Å². The number of thiophene rings is 1. The molecule has 1 saturated heterocycles. The topological polar surface area (TPSA) is 95.6 Å². The molecular weight excluding hydrogens is 410 g/mol. The van der Waals surface area contributed by atoms with Crippen LogP contribution in [-0.4, -0.2) is 37.6 Å². The lowest BCUT2D eigenvalue weighted by Gasteiger charge is -2.25. The molecule has 1 aromatic carbocycles. The Labute approximate surface area is 175 Å². The van der Waals surface area contributed by atoms with Gasteiger partial charge in [0.05, 0.1) is 16.3 Å². The van der Waals surface area contributed by atoms with Crippen LogP contribution in [0.25, 0.3) is 0 Å². The van der Waals surface area contributed by atoms with Crippen molar-refractivity contribution in [3.8, 4) is 0 Å². The number of sulfonamides is 1. The Morgan fingerprint density at radius 2 is 1.66 bits per heavy atom. The smallest absolute Gasteiger partial charge is 0.261 e. The first-order valence-electron chi connectivity index (χ1n) is 9.57. The molecule has 156 valence electrons. The van der Waals surface area contributed by atoms with Crippen LogP contribution >= 0.6 is 11.3 Å². The van der Waals surface area contributed by atoms with Crippen LogP contribution in [0, 0.1) is 0 Å². The van der Waals surface area contributed by atoms with Gasteiger partial charge in [0.2, 0.25) is 15.9 Å². The normalized spacial score (nSPS) is 15.1. The van der Waals surface area contributed by atoms with Gasteiger partial charge in [-0.25, -0.2) is 8.42 Å². The number of hydrogen-bond acceptors (Lipinski definition) is 5. The molecule has 1 fully saturated rings.